The van der Waals surface area contributed by atoms with Gasteiger partial charge in [0.25, 0.3) is 0 Å². The lowest BCUT2D eigenvalue weighted by Crippen LogP contribution is -2.14. The molecule has 1 aromatic rings. The first-order valence-corrected chi connectivity index (χ1v) is 7.81. The van der Waals surface area contributed by atoms with E-state index in [9.17, 15) is 0 Å². The molecule has 0 amide bonds. The number of unbranched alkanes of at least 4 members (excludes halogenated alkanes) is 1. The highest BCUT2D eigenvalue weighted by Crippen LogP contribution is 2.19. The average Bonchev–Trinajstić information content (AvgIpc) is 2.74. The van der Waals surface area contributed by atoms with Crippen molar-refractivity contribution in [3.05, 3.63) is 15.6 Å². The van der Waals surface area contributed by atoms with Gasteiger partial charge in [-0.25, -0.2) is 4.98 Å². The minimum atomic E-state index is 0.989. The van der Waals surface area contributed by atoms with Crippen molar-refractivity contribution in [3.8, 4) is 0 Å². The summed E-state index contributed by atoms with van der Waals surface area (Å²) in [5, 5.41) is 4.80. The van der Waals surface area contributed by atoms with Crippen molar-refractivity contribution in [1.29, 1.82) is 0 Å². The smallest absolute Gasteiger partial charge is 0.0944 e. The summed E-state index contributed by atoms with van der Waals surface area (Å²) in [4.78, 5) is 8.40. The Morgan fingerprint density at radius 1 is 1.28 bits per heavy atom. The molecule has 3 nitrogen and oxygen atoms in total. The minimum absolute atomic E-state index is 0.989. The fourth-order valence-corrected chi connectivity index (χ4v) is 2.90. The molecule has 104 valence electrons. The molecular weight excluding hydrogens is 242 g/mol. The summed E-state index contributed by atoms with van der Waals surface area (Å²) in [6.45, 7) is 7.61. The third-order valence-corrected chi connectivity index (χ3v) is 4.08. The van der Waals surface area contributed by atoms with Gasteiger partial charge < -0.3 is 10.2 Å². The zero-order valence-electron chi connectivity index (χ0n) is 12.3. The van der Waals surface area contributed by atoms with Crippen LogP contribution in [0.3, 0.4) is 0 Å². The number of aryl methyl sites for hydroxylation is 1. The van der Waals surface area contributed by atoms with Gasteiger partial charge in [0.1, 0.15) is 0 Å². The number of nitrogens with zero attached hydrogens (tertiary/aromatic N) is 2. The number of rotatable bonds is 9. The van der Waals surface area contributed by atoms with E-state index in [1.54, 1.807) is 0 Å². The lowest BCUT2D eigenvalue weighted by molar-refractivity contribution is 0.413. The van der Waals surface area contributed by atoms with Crippen LogP contribution >= 0.6 is 11.3 Å². The van der Waals surface area contributed by atoms with E-state index in [0.717, 1.165) is 32.5 Å². The number of nitrogens with one attached hydrogen (secondary N) is 1. The van der Waals surface area contributed by atoms with E-state index in [1.165, 1.54) is 28.4 Å². The Bertz CT molecular complexity index is 334. The third kappa shape index (κ3) is 5.46. The van der Waals surface area contributed by atoms with Crippen LogP contribution in [0.15, 0.2) is 0 Å². The van der Waals surface area contributed by atoms with Crippen LogP contribution < -0.4 is 5.32 Å². The van der Waals surface area contributed by atoms with Gasteiger partial charge in [-0.1, -0.05) is 20.3 Å². The van der Waals surface area contributed by atoms with Crippen LogP contribution in [0, 0.1) is 0 Å². The molecule has 0 aliphatic heterocycles. The Kier molecular flexibility index (Phi) is 7.47. The van der Waals surface area contributed by atoms with Gasteiger partial charge in [0.2, 0.25) is 0 Å². The molecule has 0 aromatic carbocycles. The molecule has 0 bridgehead atoms. The van der Waals surface area contributed by atoms with Gasteiger partial charge >= 0.3 is 0 Å². The second kappa shape index (κ2) is 8.62. The molecule has 0 atom stereocenters. The van der Waals surface area contributed by atoms with Crippen molar-refractivity contribution in [2.24, 2.45) is 0 Å². The molecule has 0 spiro atoms. The topological polar surface area (TPSA) is 28.2 Å². The largest absolute Gasteiger partial charge is 0.312 e. The van der Waals surface area contributed by atoms with Crippen molar-refractivity contribution in [1.82, 2.24) is 15.2 Å². The van der Waals surface area contributed by atoms with E-state index in [1.807, 2.05) is 11.3 Å². The summed E-state index contributed by atoms with van der Waals surface area (Å²) in [5.41, 5.74) is 1.29. The fraction of sp³-hybridized carbons (Fsp3) is 0.786. The molecule has 0 fully saturated rings. The summed E-state index contributed by atoms with van der Waals surface area (Å²) < 4.78 is 0. The van der Waals surface area contributed by atoms with E-state index < -0.39 is 0 Å². The van der Waals surface area contributed by atoms with Crippen molar-refractivity contribution in [3.63, 3.8) is 0 Å². The molecule has 4 heteroatoms. The molecule has 0 unspecified atom stereocenters. The zero-order chi connectivity index (χ0) is 13.4. The molecular formula is C14H27N3S. The van der Waals surface area contributed by atoms with Crippen LogP contribution in [-0.4, -0.2) is 37.1 Å². The van der Waals surface area contributed by atoms with E-state index in [-0.39, 0.29) is 0 Å². The van der Waals surface area contributed by atoms with Crippen LogP contribution in [0.5, 0.6) is 0 Å². The van der Waals surface area contributed by atoms with Gasteiger partial charge in [-0.3, -0.25) is 0 Å². The van der Waals surface area contributed by atoms with Gasteiger partial charge in [-0.05, 0) is 33.5 Å². The maximum absolute atomic E-state index is 4.75. The highest BCUT2D eigenvalue weighted by Gasteiger charge is 2.09. The second-order valence-corrected chi connectivity index (χ2v) is 6.08. The average molecular weight is 269 g/mol. The highest BCUT2D eigenvalue weighted by atomic mass is 32.1. The number of aromatic nitrogens is 1. The van der Waals surface area contributed by atoms with Gasteiger partial charge in [-0.15, -0.1) is 11.3 Å². The van der Waals surface area contributed by atoms with Crippen LogP contribution in [0.1, 0.15) is 42.3 Å². The van der Waals surface area contributed by atoms with Crippen molar-refractivity contribution in [2.45, 2.75) is 46.1 Å². The molecule has 18 heavy (non-hydrogen) atoms. The predicted molar refractivity (Wildman–Crippen MR) is 80.4 cm³/mol. The van der Waals surface area contributed by atoms with Crippen LogP contribution in [0.4, 0.5) is 0 Å². The molecule has 0 aliphatic rings. The predicted octanol–water partition coefficient (Wildman–Crippen LogP) is 2.70. The Hall–Kier alpha value is -0.450. The van der Waals surface area contributed by atoms with E-state index in [2.05, 4.69) is 38.2 Å². The SMILES string of the molecule is CCCCNCc1sc(CCN(C)C)nc1CC. The first kappa shape index (κ1) is 15.6. The molecule has 0 saturated carbocycles. The monoisotopic (exact) mass is 269 g/mol. The van der Waals surface area contributed by atoms with Crippen LogP contribution in [0.25, 0.3) is 0 Å². The summed E-state index contributed by atoms with van der Waals surface area (Å²) in [7, 11) is 4.23. The molecule has 0 saturated heterocycles. The Morgan fingerprint density at radius 3 is 2.67 bits per heavy atom. The lowest BCUT2D eigenvalue weighted by Gasteiger charge is -2.06. The number of hydrogen-bond donors (Lipinski definition) is 1. The minimum Gasteiger partial charge on any atom is -0.312 e. The van der Waals surface area contributed by atoms with Crippen molar-refractivity contribution < 1.29 is 0 Å². The summed E-state index contributed by atoms with van der Waals surface area (Å²) in [6.07, 6.45) is 4.63. The van der Waals surface area contributed by atoms with Gasteiger partial charge in [0, 0.05) is 24.4 Å². The number of hydrogen-bond acceptors (Lipinski definition) is 4. The van der Waals surface area contributed by atoms with E-state index in [0.29, 0.717) is 0 Å². The standard InChI is InChI=1S/C14H27N3S/c1-5-7-9-15-11-13-12(6-2)16-14(18-13)8-10-17(3)4/h15H,5-11H2,1-4H3. The van der Waals surface area contributed by atoms with Gasteiger partial charge in [0.15, 0.2) is 0 Å². The van der Waals surface area contributed by atoms with Gasteiger partial charge in [0.05, 0.1) is 10.7 Å². The first-order valence-electron chi connectivity index (χ1n) is 7.00. The number of likely N-dealkylation sites (N-methyl/N-ethyl adjacent to an activating group) is 1. The van der Waals surface area contributed by atoms with E-state index in [4.69, 9.17) is 4.98 Å². The van der Waals surface area contributed by atoms with E-state index >= 15 is 0 Å². The Morgan fingerprint density at radius 2 is 2.06 bits per heavy atom. The molecule has 1 aromatic heterocycles. The van der Waals surface area contributed by atoms with Gasteiger partial charge in [-0.2, -0.15) is 0 Å². The molecule has 1 rings (SSSR count). The first-order chi connectivity index (χ1) is 8.67. The van der Waals surface area contributed by atoms with Crippen LogP contribution in [0.2, 0.25) is 0 Å². The molecule has 1 heterocycles. The highest BCUT2D eigenvalue weighted by molar-refractivity contribution is 7.11. The maximum atomic E-state index is 4.75. The summed E-state index contributed by atoms with van der Waals surface area (Å²) in [5.74, 6) is 0. The normalized spacial score (nSPS) is 11.4. The second-order valence-electron chi connectivity index (χ2n) is 4.91. The van der Waals surface area contributed by atoms with Crippen molar-refractivity contribution >= 4 is 11.3 Å². The molecule has 0 radical (unpaired) electrons. The quantitative estimate of drug-likeness (QED) is 0.699. The van der Waals surface area contributed by atoms with Crippen LogP contribution in [-0.2, 0) is 19.4 Å². The molecule has 0 aliphatic carbocycles. The number of thiazole rings is 1. The summed E-state index contributed by atoms with van der Waals surface area (Å²) in [6, 6.07) is 0. The Labute approximate surface area is 116 Å². The lowest BCUT2D eigenvalue weighted by atomic mass is 10.3. The maximum Gasteiger partial charge on any atom is 0.0944 e. The van der Waals surface area contributed by atoms with Crippen molar-refractivity contribution in [2.75, 3.05) is 27.2 Å². The summed E-state index contributed by atoms with van der Waals surface area (Å²) >= 11 is 1.88. The Balaban J connectivity index is 2.49. The third-order valence-electron chi connectivity index (χ3n) is 2.92. The zero-order valence-corrected chi connectivity index (χ0v) is 13.1. The fourth-order valence-electron chi connectivity index (χ4n) is 1.78. The molecule has 1 N–H and O–H groups in total.